The highest BCUT2D eigenvalue weighted by atomic mass is 32.1. The largest absolute Gasteiger partial charge is 0.396 e. The lowest BCUT2D eigenvalue weighted by atomic mass is 10.4. The SMILES string of the molecule is O=C(NC1CC1CO)c1csnn1. The Balaban J connectivity index is 1.87. The van der Waals surface area contributed by atoms with Gasteiger partial charge >= 0.3 is 0 Å². The molecule has 1 heterocycles. The molecule has 5 nitrogen and oxygen atoms in total. The Bertz CT molecular complexity index is 301. The Hall–Kier alpha value is -1.01. The number of aliphatic hydroxyl groups is 1. The molecule has 0 spiro atoms. The fourth-order valence-electron chi connectivity index (χ4n) is 1.13. The summed E-state index contributed by atoms with van der Waals surface area (Å²) in [5, 5.41) is 16.7. The van der Waals surface area contributed by atoms with Gasteiger partial charge in [-0.2, -0.15) is 0 Å². The molecule has 2 N–H and O–H groups in total. The number of aromatic nitrogens is 2. The van der Waals surface area contributed by atoms with Crippen LogP contribution in [0.2, 0.25) is 0 Å². The van der Waals surface area contributed by atoms with Gasteiger partial charge in [-0.25, -0.2) is 0 Å². The highest BCUT2D eigenvalue weighted by Gasteiger charge is 2.37. The smallest absolute Gasteiger partial charge is 0.272 e. The zero-order valence-corrected chi connectivity index (χ0v) is 7.62. The minimum Gasteiger partial charge on any atom is -0.396 e. The van der Waals surface area contributed by atoms with Gasteiger partial charge in [-0.1, -0.05) is 4.49 Å². The van der Waals surface area contributed by atoms with Crippen molar-refractivity contribution in [3.05, 3.63) is 11.1 Å². The predicted molar refractivity (Wildman–Crippen MR) is 46.4 cm³/mol. The van der Waals surface area contributed by atoms with Gasteiger partial charge in [0.25, 0.3) is 5.91 Å². The summed E-state index contributed by atoms with van der Waals surface area (Å²) in [6, 6.07) is 0.124. The summed E-state index contributed by atoms with van der Waals surface area (Å²) in [5.74, 6) is 0.0326. The molecule has 1 aromatic heterocycles. The standard InChI is InChI=1S/C7H9N3O2S/c11-2-4-1-5(4)8-7(12)6-3-13-10-9-6/h3-5,11H,1-2H2,(H,8,12). The molecule has 1 aliphatic carbocycles. The van der Waals surface area contributed by atoms with E-state index < -0.39 is 0 Å². The molecule has 70 valence electrons. The van der Waals surface area contributed by atoms with Gasteiger partial charge in [-0.05, 0) is 18.0 Å². The van der Waals surface area contributed by atoms with Gasteiger partial charge < -0.3 is 10.4 Å². The van der Waals surface area contributed by atoms with E-state index in [1.165, 1.54) is 0 Å². The van der Waals surface area contributed by atoms with Crippen LogP contribution in [-0.2, 0) is 0 Å². The number of amides is 1. The third-order valence-electron chi connectivity index (χ3n) is 2.07. The Kier molecular flexibility index (Phi) is 2.24. The van der Waals surface area contributed by atoms with Crippen LogP contribution in [0.1, 0.15) is 16.9 Å². The molecular weight excluding hydrogens is 190 g/mol. The summed E-state index contributed by atoms with van der Waals surface area (Å²) in [4.78, 5) is 11.3. The molecular formula is C7H9N3O2S. The molecule has 1 amide bonds. The molecule has 2 rings (SSSR count). The number of carbonyl (C=O) groups is 1. The zero-order valence-electron chi connectivity index (χ0n) is 6.80. The minimum absolute atomic E-state index is 0.124. The Morgan fingerprint density at radius 3 is 3.23 bits per heavy atom. The summed E-state index contributed by atoms with van der Waals surface area (Å²) in [6.45, 7) is 0.139. The third kappa shape index (κ3) is 1.84. The van der Waals surface area contributed by atoms with Crippen molar-refractivity contribution >= 4 is 17.4 Å². The lowest BCUT2D eigenvalue weighted by molar-refractivity contribution is 0.0942. The van der Waals surface area contributed by atoms with E-state index in [2.05, 4.69) is 14.9 Å². The van der Waals surface area contributed by atoms with Crippen molar-refractivity contribution in [1.29, 1.82) is 0 Å². The topological polar surface area (TPSA) is 75.1 Å². The number of aliphatic hydroxyl groups excluding tert-OH is 1. The summed E-state index contributed by atoms with van der Waals surface area (Å²) in [6.07, 6.45) is 0.861. The van der Waals surface area contributed by atoms with Crippen LogP contribution < -0.4 is 5.32 Å². The van der Waals surface area contributed by atoms with Crippen LogP contribution in [0, 0.1) is 5.92 Å². The number of hydrogen-bond donors (Lipinski definition) is 2. The van der Waals surface area contributed by atoms with Crippen LogP contribution in [0.15, 0.2) is 5.38 Å². The predicted octanol–water partition coefficient (Wildman–Crippen LogP) is -0.351. The first kappa shape index (κ1) is 8.58. The quantitative estimate of drug-likeness (QED) is 0.697. The van der Waals surface area contributed by atoms with Gasteiger partial charge in [0.2, 0.25) is 0 Å². The first-order valence-electron chi connectivity index (χ1n) is 4.00. The van der Waals surface area contributed by atoms with Crippen molar-refractivity contribution in [3.63, 3.8) is 0 Å². The van der Waals surface area contributed by atoms with E-state index in [9.17, 15) is 4.79 Å². The second kappa shape index (κ2) is 3.39. The number of carbonyl (C=O) groups excluding carboxylic acids is 1. The average Bonchev–Trinajstić information content (AvgIpc) is 2.68. The second-order valence-corrected chi connectivity index (χ2v) is 3.66. The molecule has 1 aromatic rings. The number of hydrogen-bond acceptors (Lipinski definition) is 5. The Morgan fingerprint density at radius 2 is 2.69 bits per heavy atom. The molecule has 2 unspecified atom stereocenters. The number of nitrogens with one attached hydrogen (secondary N) is 1. The van der Waals surface area contributed by atoms with Gasteiger partial charge in [0, 0.05) is 23.9 Å². The molecule has 6 heteroatoms. The molecule has 1 aliphatic rings. The van der Waals surface area contributed by atoms with Gasteiger partial charge in [-0.3, -0.25) is 4.79 Å². The summed E-state index contributed by atoms with van der Waals surface area (Å²) in [7, 11) is 0. The highest BCUT2D eigenvalue weighted by Crippen LogP contribution is 2.29. The molecule has 0 aliphatic heterocycles. The first-order chi connectivity index (χ1) is 6.31. The molecule has 0 saturated heterocycles. The van der Waals surface area contributed by atoms with Crippen molar-refractivity contribution in [2.75, 3.05) is 6.61 Å². The third-order valence-corrected chi connectivity index (χ3v) is 2.57. The average molecular weight is 199 g/mol. The maximum absolute atomic E-state index is 11.3. The first-order valence-corrected chi connectivity index (χ1v) is 4.83. The van der Waals surface area contributed by atoms with Gasteiger partial charge in [0.15, 0.2) is 5.69 Å². The van der Waals surface area contributed by atoms with Crippen LogP contribution in [0.4, 0.5) is 0 Å². The Labute approximate surface area is 78.9 Å². The molecule has 2 atom stereocenters. The monoisotopic (exact) mass is 199 g/mol. The fourth-order valence-corrected chi connectivity index (χ4v) is 1.57. The zero-order chi connectivity index (χ0) is 9.26. The molecule has 0 radical (unpaired) electrons. The summed E-state index contributed by atoms with van der Waals surface area (Å²) >= 11 is 1.15. The van der Waals surface area contributed by atoms with Crippen molar-refractivity contribution in [2.24, 2.45) is 5.92 Å². The van der Waals surface area contributed by atoms with E-state index >= 15 is 0 Å². The highest BCUT2D eigenvalue weighted by molar-refractivity contribution is 7.03. The summed E-state index contributed by atoms with van der Waals surface area (Å²) in [5.41, 5.74) is 0.355. The van der Waals surface area contributed by atoms with E-state index in [1.807, 2.05) is 0 Å². The number of rotatable bonds is 3. The van der Waals surface area contributed by atoms with E-state index in [-0.39, 0.29) is 24.5 Å². The van der Waals surface area contributed by atoms with Gasteiger partial charge in [0.05, 0.1) is 0 Å². The van der Waals surface area contributed by atoms with E-state index in [1.54, 1.807) is 5.38 Å². The van der Waals surface area contributed by atoms with Crippen molar-refractivity contribution < 1.29 is 9.90 Å². The molecule has 13 heavy (non-hydrogen) atoms. The van der Waals surface area contributed by atoms with Crippen LogP contribution in [0.3, 0.4) is 0 Å². The van der Waals surface area contributed by atoms with Crippen LogP contribution in [-0.4, -0.2) is 33.2 Å². The summed E-state index contributed by atoms with van der Waals surface area (Å²) < 4.78 is 3.59. The molecule has 1 saturated carbocycles. The fraction of sp³-hybridized carbons (Fsp3) is 0.571. The Morgan fingerprint density at radius 1 is 1.85 bits per heavy atom. The molecule has 1 fully saturated rings. The van der Waals surface area contributed by atoms with Crippen molar-refractivity contribution in [2.45, 2.75) is 12.5 Å². The molecule has 0 bridgehead atoms. The van der Waals surface area contributed by atoms with E-state index in [4.69, 9.17) is 5.11 Å². The maximum Gasteiger partial charge on any atom is 0.272 e. The minimum atomic E-state index is -0.199. The lowest BCUT2D eigenvalue weighted by Crippen LogP contribution is -2.27. The van der Waals surface area contributed by atoms with Gasteiger partial charge in [-0.15, -0.1) is 5.10 Å². The van der Waals surface area contributed by atoms with Gasteiger partial charge in [0.1, 0.15) is 0 Å². The van der Waals surface area contributed by atoms with Crippen LogP contribution in [0.25, 0.3) is 0 Å². The van der Waals surface area contributed by atoms with E-state index in [0.717, 1.165) is 18.0 Å². The van der Waals surface area contributed by atoms with E-state index in [0.29, 0.717) is 5.69 Å². The van der Waals surface area contributed by atoms with Crippen LogP contribution in [0.5, 0.6) is 0 Å². The van der Waals surface area contributed by atoms with Crippen molar-refractivity contribution in [3.8, 4) is 0 Å². The second-order valence-electron chi connectivity index (χ2n) is 3.05. The van der Waals surface area contributed by atoms with Crippen molar-refractivity contribution in [1.82, 2.24) is 14.9 Å². The lowest BCUT2D eigenvalue weighted by Gasteiger charge is -1.99. The van der Waals surface area contributed by atoms with Crippen LogP contribution >= 0.6 is 11.5 Å². The number of nitrogens with zero attached hydrogens (tertiary/aromatic N) is 2. The normalized spacial score (nSPS) is 25.6. The molecule has 0 aromatic carbocycles. The maximum atomic E-state index is 11.3.